The molecular formula is C26H20O4. The van der Waals surface area contributed by atoms with E-state index in [2.05, 4.69) is 0 Å². The highest BCUT2D eigenvalue weighted by atomic mass is 16.5. The van der Waals surface area contributed by atoms with E-state index in [-0.39, 0.29) is 13.2 Å². The highest BCUT2D eigenvalue weighted by Crippen LogP contribution is 2.25. The molecule has 0 N–H and O–H groups in total. The molecule has 4 nitrogen and oxygen atoms in total. The van der Waals surface area contributed by atoms with Crippen LogP contribution < -0.4 is 0 Å². The normalized spacial score (nSPS) is 10.5. The second-order valence-corrected chi connectivity index (χ2v) is 6.83. The molecule has 0 aromatic heterocycles. The van der Waals surface area contributed by atoms with E-state index in [1.54, 1.807) is 12.1 Å². The molecule has 0 fully saturated rings. The van der Waals surface area contributed by atoms with Crippen molar-refractivity contribution in [3.05, 3.63) is 119 Å². The summed E-state index contributed by atoms with van der Waals surface area (Å²) in [6.07, 6.45) is 0. The molecule has 4 rings (SSSR count). The minimum absolute atomic E-state index is 0.189. The summed E-state index contributed by atoms with van der Waals surface area (Å²) in [7, 11) is 0. The van der Waals surface area contributed by atoms with E-state index in [9.17, 15) is 9.59 Å². The van der Waals surface area contributed by atoms with Crippen LogP contribution in [0, 0.1) is 0 Å². The SMILES string of the molecule is O=C(OCc1ccccc1)c1ccc(C(=O)OCc2ccccc2)c2ccccc12. The van der Waals surface area contributed by atoms with E-state index in [1.807, 2.05) is 84.9 Å². The van der Waals surface area contributed by atoms with E-state index < -0.39 is 11.9 Å². The zero-order chi connectivity index (χ0) is 20.8. The topological polar surface area (TPSA) is 52.6 Å². The zero-order valence-electron chi connectivity index (χ0n) is 16.3. The number of rotatable bonds is 6. The van der Waals surface area contributed by atoms with Crippen molar-refractivity contribution in [3.63, 3.8) is 0 Å². The van der Waals surface area contributed by atoms with E-state index >= 15 is 0 Å². The Balaban J connectivity index is 1.55. The smallest absolute Gasteiger partial charge is 0.339 e. The third-order valence-corrected chi connectivity index (χ3v) is 4.79. The van der Waals surface area contributed by atoms with Crippen molar-refractivity contribution in [2.24, 2.45) is 0 Å². The van der Waals surface area contributed by atoms with E-state index in [0.717, 1.165) is 11.1 Å². The summed E-state index contributed by atoms with van der Waals surface area (Å²) in [6, 6.07) is 29.5. The van der Waals surface area contributed by atoms with Crippen LogP contribution in [0.4, 0.5) is 0 Å². The van der Waals surface area contributed by atoms with Crippen molar-refractivity contribution in [1.82, 2.24) is 0 Å². The Kier molecular flexibility index (Phi) is 5.85. The lowest BCUT2D eigenvalue weighted by atomic mass is 9.99. The zero-order valence-corrected chi connectivity index (χ0v) is 16.3. The monoisotopic (exact) mass is 396 g/mol. The predicted molar refractivity (Wildman–Crippen MR) is 115 cm³/mol. The number of carbonyl (C=O) groups is 2. The maximum atomic E-state index is 12.7. The number of ether oxygens (including phenoxy) is 2. The quantitative estimate of drug-likeness (QED) is 0.401. The Labute approximate surface area is 174 Å². The summed E-state index contributed by atoms with van der Waals surface area (Å²) in [6.45, 7) is 0.379. The summed E-state index contributed by atoms with van der Waals surface area (Å²) in [5.41, 5.74) is 2.66. The average Bonchev–Trinajstić information content (AvgIpc) is 2.81. The van der Waals surface area contributed by atoms with Gasteiger partial charge in [-0.2, -0.15) is 0 Å². The van der Waals surface area contributed by atoms with Crippen LogP contribution >= 0.6 is 0 Å². The largest absolute Gasteiger partial charge is 0.457 e. The van der Waals surface area contributed by atoms with Gasteiger partial charge in [-0.05, 0) is 34.0 Å². The molecule has 0 radical (unpaired) electrons. The molecule has 0 unspecified atom stereocenters. The van der Waals surface area contributed by atoms with Crippen molar-refractivity contribution in [1.29, 1.82) is 0 Å². The Morgan fingerprint density at radius 1 is 0.500 bits per heavy atom. The maximum absolute atomic E-state index is 12.7. The molecule has 30 heavy (non-hydrogen) atoms. The van der Waals surface area contributed by atoms with E-state index in [0.29, 0.717) is 21.9 Å². The van der Waals surface area contributed by atoms with Crippen molar-refractivity contribution in [2.45, 2.75) is 13.2 Å². The first-order chi connectivity index (χ1) is 14.7. The molecule has 0 bridgehead atoms. The Bertz CT molecular complexity index is 1070. The Morgan fingerprint density at radius 2 is 0.867 bits per heavy atom. The van der Waals surface area contributed by atoms with E-state index in [1.165, 1.54) is 0 Å². The number of benzene rings is 4. The number of fused-ring (bicyclic) bond motifs is 1. The van der Waals surface area contributed by atoms with Crippen molar-refractivity contribution >= 4 is 22.7 Å². The lowest BCUT2D eigenvalue weighted by molar-refractivity contribution is 0.0462. The van der Waals surface area contributed by atoms with Gasteiger partial charge in [0, 0.05) is 0 Å². The molecule has 0 spiro atoms. The molecule has 0 saturated carbocycles. The first-order valence-corrected chi connectivity index (χ1v) is 9.66. The third-order valence-electron chi connectivity index (χ3n) is 4.79. The first-order valence-electron chi connectivity index (χ1n) is 9.66. The van der Waals surface area contributed by atoms with Gasteiger partial charge in [-0.1, -0.05) is 84.9 Å². The summed E-state index contributed by atoms with van der Waals surface area (Å²) in [5.74, 6) is -0.862. The second-order valence-electron chi connectivity index (χ2n) is 6.83. The maximum Gasteiger partial charge on any atom is 0.339 e. The van der Waals surface area contributed by atoms with Gasteiger partial charge in [0.25, 0.3) is 0 Å². The highest BCUT2D eigenvalue weighted by molar-refractivity contribution is 6.11. The van der Waals surface area contributed by atoms with E-state index in [4.69, 9.17) is 9.47 Å². The minimum atomic E-state index is -0.431. The lowest BCUT2D eigenvalue weighted by Crippen LogP contribution is -2.09. The van der Waals surface area contributed by atoms with Gasteiger partial charge in [-0.25, -0.2) is 9.59 Å². The van der Waals surface area contributed by atoms with Gasteiger partial charge in [-0.15, -0.1) is 0 Å². The van der Waals surface area contributed by atoms with Crippen molar-refractivity contribution in [3.8, 4) is 0 Å². The molecule has 4 heteroatoms. The Morgan fingerprint density at radius 3 is 1.27 bits per heavy atom. The molecule has 0 heterocycles. The van der Waals surface area contributed by atoms with Gasteiger partial charge >= 0.3 is 11.9 Å². The summed E-state index contributed by atoms with van der Waals surface area (Å²) in [5, 5.41) is 1.31. The fourth-order valence-electron chi connectivity index (χ4n) is 3.26. The average molecular weight is 396 g/mol. The molecule has 0 atom stereocenters. The lowest BCUT2D eigenvalue weighted by Gasteiger charge is -2.11. The van der Waals surface area contributed by atoms with Gasteiger partial charge in [-0.3, -0.25) is 0 Å². The predicted octanol–water partition coefficient (Wildman–Crippen LogP) is 5.55. The van der Waals surface area contributed by atoms with Gasteiger partial charge < -0.3 is 9.47 Å². The van der Waals surface area contributed by atoms with Crippen LogP contribution in [0.2, 0.25) is 0 Å². The molecule has 0 aliphatic rings. The third kappa shape index (κ3) is 4.39. The molecule has 4 aromatic rings. The summed E-state index contributed by atoms with van der Waals surface area (Å²) >= 11 is 0. The van der Waals surface area contributed by atoms with Crippen LogP contribution in [-0.4, -0.2) is 11.9 Å². The number of hydrogen-bond donors (Lipinski definition) is 0. The molecule has 0 saturated heterocycles. The van der Waals surface area contributed by atoms with Gasteiger partial charge in [0.05, 0.1) is 11.1 Å². The molecule has 4 aromatic carbocycles. The minimum Gasteiger partial charge on any atom is -0.457 e. The molecule has 0 amide bonds. The van der Waals surface area contributed by atoms with Gasteiger partial charge in [0.2, 0.25) is 0 Å². The number of esters is 2. The summed E-state index contributed by atoms with van der Waals surface area (Å²) < 4.78 is 10.9. The molecule has 0 aliphatic heterocycles. The van der Waals surface area contributed by atoms with Crippen molar-refractivity contribution < 1.29 is 19.1 Å². The van der Waals surface area contributed by atoms with Crippen LogP contribution in [0.1, 0.15) is 31.8 Å². The number of carbonyl (C=O) groups excluding carboxylic acids is 2. The fraction of sp³-hybridized carbons (Fsp3) is 0.0769. The van der Waals surface area contributed by atoms with Crippen LogP contribution in [0.5, 0.6) is 0 Å². The summed E-state index contributed by atoms with van der Waals surface area (Å²) in [4.78, 5) is 25.4. The van der Waals surface area contributed by atoms with Crippen LogP contribution in [0.3, 0.4) is 0 Å². The molecule has 0 aliphatic carbocycles. The first kappa shape index (κ1) is 19.4. The standard InChI is InChI=1S/C26H20O4/c27-25(29-17-19-9-3-1-4-10-19)23-15-16-24(22-14-8-7-13-21(22)23)26(28)30-18-20-11-5-2-6-12-20/h1-16H,17-18H2. The van der Waals surface area contributed by atoms with Gasteiger partial charge in [0.1, 0.15) is 13.2 Å². The van der Waals surface area contributed by atoms with Crippen LogP contribution in [-0.2, 0) is 22.7 Å². The second kappa shape index (κ2) is 9.05. The number of hydrogen-bond acceptors (Lipinski definition) is 4. The fourth-order valence-corrected chi connectivity index (χ4v) is 3.26. The highest BCUT2D eigenvalue weighted by Gasteiger charge is 2.18. The Hall–Kier alpha value is -3.92. The molecular weight excluding hydrogens is 376 g/mol. The van der Waals surface area contributed by atoms with Crippen LogP contribution in [0.15, 0.2) is 97.1 Å². The molecule has 148 valence electrons. The van der Waals surface area contributed by atoms with Crippen LogP contribution in [0.25, 0.3) is 10.8 Å². The van der Waals surface area contributed by atoms with Gasteiger partial charge in [0.15, 0.2) is 0 Å². The van der Waals surface area contributed by atoms with Crippen molar-refractivity contribution in [2.75, 3.05) is 0 Å².